The quantitative estimate of drug-likeness (QED) is 0.854. The first kappa shape index (κ1) is 15.3. The predicted octanol–water partition coefficient (Wildman–Crippen LogP) is 4.82. The van der Waals surface area contributed by atoms with Gasteiger partial charge in [-0.2, -0.15) is 0 Å². The lowest BCUT2D eigenvalue weighted by molar-refractivity contribution is 0.415. The molecule has 0 fully saturated rings. The van der Waals surface area contributed by atoms with Crippen molar-refractivity contribution >= 4 is 33.0 Å². The van der Waals surface area contributed by atoms with Gasteiger partial charge >= 0.3 is 0 Å². The van der Waals surface area contributed by atoms with Crippen LogP contribution in [0.2, 0.25) is 0 Å². The van der Waals surface area contributed by atoms with Gasteiger partial charge < -0.3 is 10.1 Å². The van der Waals surface area contributed by atoms with Crippen LogP contribution in [-0.2, 0) is 12.0 Å². The van der Waals surface area contributed by atoms with Crippen LogP contribution >= 0.6 is 27.3 Å². The molecular formula is C15H19BrN2OS. The zero-order valence-corrected chi connectivity index (χ0v) is 14.6. The van der Waals surface area contributed by atoms with Crippen molar-refractivity contribution < 1.29 is 4.74 Å². The minimum atomic E-state index is 0.111. The van der Waals surface area contributed by atoms with Crippen molar-refractivity contribution in [2.75, 3.05) is 12.4 Å². The number of aromatic nitrogens is 1. The van der Waals surface area contributed by atoms with E-state index in [2.05, 4.69) is 47.0 Å². The van der Waals surface area contributed by atoms with E-state index in [1.54, 1.807) is 18.4 Å². The van der Waals surface area contributed by atoms with Crippen LogP contribution in [-0.4, -0.2) is 12.1 Å². The molecule has 0 saturated carbocycles. The van der Waals surface area contributed by atoms with E-state index in [-0.39, 0.29) is 5.41 Å². The zero-order valence-electron chi connectivity index (χ0n) is 12.2. The lowest BCUT2D eigenvalue weighted by Crippen LogP contribution is -2.09. The Morgan fingerprint density at radius 2 is 2.10 bits per heavy atom. The fraction of sp³-hybridized carbons (Fsp3) is 0.400. The van der Waals surface area contributed by atoms with Crippen LogP contribution in [0.25, 0.3) is 0 Å². The van der Waals surface area contributed by atoms with Gasteiger partial charge in [-0.25, -0.2) is 4.98 Å². The number of halogens is 1. The molecule has 2 aromatic rings. The molecule has 0 atom stereocenters. The van der Waals surface area contributed by atoms with Crippen molar-refractivity contribution in [3.05, 3.63) is 38.8 Å². The third-order valence-electron chi connectivity index (χ3n) is 2.82. The predicted molar refractivity (Wildman–Crippen MR) is 88.8 cm³/mol. The molecule has 108 valence electrons. The second-order valence-corrected chi connectivity index (χ2v) is 7.55. The Kier molecular flexibility index (Phi) is 4.70. The lowest BCUT2D eigenvalue weighted by atomic mass is 9.98. The maximum atomic E-state index is 5.24. The first-order chi connectivity index (χ1) is 9.40. The van der Waals surface area contributed by atoms with Crippen LogP contribution in [0, 0.1) is 0 Å². The minimum Gasteiger partial charge on any atom is -0.497 e. The fourth-order valence-electron chi connectivity index (χ4n) is 1.69. The Morgan fingerprint density at radius 1 is 1.35 bits per heavy atom. The number of ether oxygens (including phenoxy) is 1. The molecular weight excluding hydrogens is 336 g/mol. The molecule has 1 heterocycles. The number of nitrogens with zero attached hydrogens (tertiary/aromatic N) is 1. The molecule has 20 heavy (non-hydrogen) atoms. The second-order valence-electron chi connectivity index (χ2n) is 5.58. The van der Waals surface area contributed by atoms with Gasteiger partial charge in [0, 0.05) is 27.0 Å². The molecule has 0 aliphatic carbocycles. The first-order valence-electron chi connectivity index (χ1n) is 6.43. The first-order valence-corrected chi connectivity index (χ1v) is 8.03. The van der Waals surface area contributed by atoms with Gasteiger partial charge in [0.05, 0.1) is 24.3 Å². The van der Waals surface area contributed by atoms with E-state index in [9.17, 15) is 0 Å². The Hall–Kier alpha value is -1.07. The second kappa shape index (κ2) is 6.14. The van der Waals surface area contributed by atoms with Crippen molar-refractivity contribution in [2.24, 2.45) is 0 Å². The van der Waals surface area contributed by atoms with E-state index < -0.39 is 0 Å². The zero-order chi connectivity index (χ0) is 14.8. The van der Waals surface area contributed by atoms with Gasteiger partial charge in [-0.3, -0.25) is 0 Å². The minimum absolute atomic E-state index is 0.111. The molecule has 5 heteroatoms. The van der Waals surface area contributed by atoms with Crippen LogP contribution in [0.15, 0.2) is 28.9 Å². The van der Waals surface area contributed by atoms with Gasteiger partial charge in [0.15, 0.2) is 0 Å². The number of thiazole rings is 1. The van der Waals surface area contributed by atoms with Gasteiger partial charge in [-0.05, 0) is 28.1 Å². The van der Waals surface area contributed by atoms with E-state index in [4.69, 9.17) is 4.74 Å². The Bertz CT molecular complexity index is 590. The Morgan fingerprint density at radius 3 is 2.70 bits per heavy atom. The van der Waals surface area contributed by atoms with Crippen LogP contribution in [0.4, 0.5) is 5.69 Å². The summed E-state index contributed by atoms with van der Waals surface area (Å²) in [6, 6.07) is 5.89. The molecule has 0 aliphatic heterocycles. The van der Waals surface area contributed by atoms with E-state index in [1.807, 2.05) is 24.4 Å². The highest BCUT2D eigenvalue weighted by atomic mass is 79.9. The highest BCUT2D eigenvalue weighted by Crippen LogP contribution is 2.30. The highest BCUT2D eigenvalue weighted by Gasteiger charge is 2.17. The molecule has 0 aliphatic rings. The van der Waals surface area contributed by atoms with Crippen LogP contribution in [0.1, 0.15) is 30.7 Å². The number of benzene rings is 1. The molecule has 0 radical (unpaired) electrons. The number of hydrogen-bond acceptors (Lipinski definition) is 4. The van der Waals surface area contributed by atoms with Crippen LogP contribution in [0.5, 0.6) is 5.75 Å². The SMILES string of the molecule is COc1ccc(Br)c(NCc2cnc(C(C)(C)C)s2)c1. The molecule has 2 rings (SSSR count). The van der Waals surface area contributed by atoms with Gasteiger partial charge in [0.25, 0.3) is 0 Å². The number of rotatable bonds is 4. The Balaban J connectivity index is 2.07. The monoisotopic (exact) mass is 354 g/mol. The maximum absolute atomic E-state index is 5.24. The highest BCUT2D eigenvalue weighted by molar-refractivity contribution is 9.10. The normalized spacial score (nSPS) is 11.4. The topological polar surface area (TPSA) is 34.1 Å². The summed E-state index contributed by atoms with van der Waals surface area (Å²) in [5, 5.41) is 4.58. The molecule has 1 aromatic heterocycles. The van der Waals surface area contributed by atoms with Gasteiger partial charge in [-0.1, -0.05) is 20.8 Å². The molecule has 0 amide bonds. The molecule has 0 bridgehead atoms. The molecule has 1 N–H and O–H groups in total. The van der Waals surface area contributed by atoms with Crippen molar-refractivity contribution in [2.45, 2.75) is 32.7 Å². The summed E-state index contributed by atoms with van der Waals surface area (Å²) in [5.74, 6) is 0.843. The number of anilines is 1. The van der Waals surface area contributed by atoms with Crippen molar-refractivity contribution in [3.8, 4) is 5.75 Å². The number of methoxy groups -OCH3 is 1. The third-order valence-corrected chi connectivity index (χ3v) is 4.94. The summed E-state index contributed by atoms with van der Waals surface area (Å²) in [4.78, 5) is 5.72. The maximum Gasteiger partial charge on any atom is 0.121 e. The average molecular weight is 355 g/mol. The van der Waals surface area contributed by atoms with Crippen molar-refractivity contribution in [3.63, 3.8) is 0 Å². The summed E-state index contributed by atoms with van der Waals surface area (Å²) in [6.45, 7) is 7.31. The van der Waals surface area contributed by atoms with Crippen molar-refractivity contribution in [1.29, 1.82) is 0 Å². The Labute approximate surface area is 132 Å². The summed E-state index contributed by atoms with van der Waals surface area (Å²) < 4.78 is 6.27. The molecule has 0 unspecified atom stereocenters. The van der Waals surface area contributed by atoms with Gasteiger partial charge in [0.2, 0.25) is 0 Å². The molecule has 1 aromatic carbocycles. The summed E-state index contributed by atoms with van der Waals surface area (Å²) in [6.07, 6.45) is 1.95. The summed E-state index contributed by atoms with van der Waals surface area (Å²) in [5.41, 5.74) is 1.13. The van der Waals surface area contributed by atoms with Crippen LogP contribution in [0.3, 0.4) is 0 Å². The molecule has 0 saturated heterocycles. The molecule has 3 nitrogen and oxygen atoms in total. The summed E-state index contributed by atoms with van der Waals surface area (Å²) >= 11 is 5.29. The molecule has 0 spiro atoms. The largest absolute Gasteiger partial charge is 0.497 e. The van der Waals surface area contributed by atoms with Gasteiger partial charge in [-0.15, -0.1) is 11.3 Å². The number of nitrogens with one attached hydrogen (secondary N) is 1. The lowest BCUT2D eigenvalue weighted by Gasteiger charge is -2.13. The van der Waals surface area contributed by atoms with Crippen molar-refractivity contribution in [1.82, 2.24) is 4.98 Å². The fourth-order valence-corrected chi connectivity index (χ4v) is 2.98. The average Bonchev–Trinajstić information content (AvgIpc) is 2.86. The third kappa shape index (κ3) is 3.73. The van der Waals surface area contributed by atoms with Gasteiger partial charge in [0.1, 0.15) is 5.75 Å². The van der Waals surface area contributed by atoms with E-state index in [0.717, 1.165) is 22.5 Å². The van der Waals surface area contributed by atoms with Crippen LogP contribution < -0.4 is 10.1 Å². The van der Waals surface area contributed by atoms with E-state index in [0.29, 0.717) is 0 Å². The smallest absolute Gasteiger partial charge is 0.121 e. The van der Waals surface area contributed by atoms with E-state index >= 15 is 0 Å². The summed E-state index contributed by atoms with van der Waals surface area (Å²) in [7, 11) is 1.67. The van der Waals surface area contributed by atoms with E-state index in [1.165, 1.54) is 9.88 Å². The number of hydrogen-bond donors (Lipinski definition) is 1. The standard InChI is InChI=1S/C15H19BrN2OS/c1-15(2,3)14-18-9-11(20-14)8-17-13-7-10(19-4)5-6-12(13)16/h5-7,9,17H,8H2,1-4H3.